The molecule has 0 aliphatic rings. The Labute approximate surface area is 480 Å². The van der Waals surface area contributed by atoms with E-state index < -0.39 is 12.1 Å². The summed E-state index contributed by atoms with van der Waals surface area (Å²) in [6.07, 6.45) is 86.1. The van der Waals surface area contributed by atoms with Crippen LogP contribution in [0.2, 0.25) is 0 Å². The van der Waals surface area contributed by atoms with Crippen molar-refractivity contribution in [2.75, 3.05) is 13.2 Å². The summed E-state index contributed by atoms with van der Waals surface area (Å²) in [6.45, 7) is 4.89. The number of aliphatic hydroxyl groups excluding tert-OH is 2. The number of nitrogens with one attached hydrogen (secondary N) is 1. The number of hydrogen-bond acceptors (Lipinski definition) is 5. The van der Waals surface area contributed by atoms with Crippen LogP contribution >= 0.6 is 0 Å². The Morgan fingerprint density at radius 1 is 0.364 bits per heavy atom. The highest BCUT2D eigenvalue weighted by molar-refractivity contribution is 5.76. The SMILES string of the molecule is CCCCC/C=C\C/C=C\CCCCCCCCCC(=O)OCCCCCCCCCCCCCC/C=C\CCCCCCCCCCCCCCC(=O)NC(CO)C(O)/C=C/CCCCCCCCCCCCCCC. The summed E-state index contributed by atoms with van der Waals surface area (Å²) < 4.78 is 5.50. The lowest BCUT2D eigenvalue weighted by molar-refractivity contribution is -0.143. The lowest BCUT2D eigenvalue weighted by Gasteiger charge is -2.20. The zero-order chi connectivity index (χ0) is 55.7. The molecule has 452 valence electrons. The molecule has 0 radical (unpaired) electrons. The van der Waals surface area contributed by atoms with Crippen LogP contribution in [0.15, 0.2) is 48.6 Å². The molecule has 6 nitrogen and oxygen atoms in total. The fourth-order valence-corrected chi connectivity index (χ4v) is 10.5. The van der Waals surface area contributed by atoms with Crippen molar-refractivity contribution in [2.45, 2.75) is 379 Å². The molecule has 77 heavy (non-hydrogen) atoms. The Morgan fingerprint density at radius 2 is 0.649 bits per heavy atom. The van der Waals surface area contributed by atoms with E-state index in [4.69, 9.17) is 4.74 Å². The van der Waals surface area contributed by atoms with Gasteiger partial charge in [0, 0.05) is 12.8 Å². The Morgan fingerprint density at radius 3 is 1.03 bits per heavy atom. The highest BCUT2D eigenvalue weighted by Crippen LogP contribution is 2.18. The standard InChI is InChI=1S/C71H133NO5/c1-3-5-7-9-11-13-15-17-19-32-37-41-45-49-53-57-61-65-71(76)77-66-62-58-54-50-46-42-38-34-31-29-27-25-23-21-20-22-24-26-28-30-33-36-40-44-48-52-56-60-64-70(75)72-68(67-73)69(74)63-59-55-51-47-43-39-35-18-16-14-12-10-8-6-4-2/h11,13,17,19-21,59,63,68-69,73-74H,3-10,12,14-16,18,22-58,60-62,64-67H2,1-2H3,(H,72,75)/b13-11-,19-17-,21-20-,63-59+. The molecule has 0 aromatic rings. The number of esters is 1. The molecule has 0 aromatic carbocycles. The lowest BCUT2D eigenvalue weighted by Crippen LogP contribution is -2.45. The van der Waals surface area contributed by atoms with Crippen molar-refractivity contribution in [3.8, 4) is 0 Å². The van der Waals surface area contributed by atoms with E-state index in [1.54, 1.807) is 6.08 Å². The normalized spacial score (nSPS) is 12.8. The van der Waals surface area contributed by atoms with E-state index in [-0.39, 0.29) is 18.5 Å². The summed E-state index contributed by atoms with van der Waals surface area (Å²) in [6, 6.07) is -0.628. The minimum absolute atomic E-state index is 0.00771. The van der Waals surface area contributed by atoms with Gasteiger partial charge in [-0.15, -0.1) is 0 Å². The predicted molar refractivity (Wildman–Crippen MR) is 338 cm³/mol. The molecule has 0 aromatic heterocycles. The highest BCUT2D eigenvalue weighted by Gasteiger charge is 2.18. The van der Waals surface area contributed by atoms with Crippen molar-refractivity contribution in [1.29, 1.82) is 0 Å². The van der Waals surface area contributed by atoms with Gasteiger partial charge in [0.15, 0.2) is 0 Å². The van der Waals surface area contributed by atoms with Gasteiger partial charge in [-0.3, -0.25) is 9.59 Å². The summed E-state index contributed by atoms with van der Waals surface area (Å²) in [4.78, 5) is 24.6. The van der Waals surface area contributed by atoms with E-state index in [2.05, 4.69) is 55.6 Å². The van der Waals surface area contributed by atoms with E-state index in [1.807, 2.05) is 6.08 Å². The summed E-state index contributed by atoms with van der Waals surface area (Å²) >= 11 is 0. The number of carbonyl (C=O) groups excluding carboxylic acids is 2. The van der Waals surface area contributed by atoms with Crippen LogP contribution in [0.4, 0.5) is 0 Å². The van der Waals surface area contributed by atoms with Crippen LogP contribution < -0.4 is 5.32 Å². The Bertz CT molecular complexity index is 1290. The molecule has 6 heteroatoms. The fraction of sp³-hybridized carbons (Fsp3) is 0.859. The van der Waals surface area contributed by atoms with Crippen LogP contribution in [0, 0.1) is 0 Å². The average molecular weight is 1080 g/mol. The molecule has 2 atom stereocenters. The minimum atomic E-state index is -0.845. The first-order chi connectivity index (χ1) is 38.0. The number of ether oxygens (including phenoxy) is 1. The van der Waals surface area contributed by atoms with Gasteiger partial charge in [0.25, 0.3) is 0 Å². The molecular weight excluding hydrogens is 947 g/mol. The first kappa shape index (κ1) is 74.8. The number of unbranched alkanes of at least 4 members (excludes halogenated alkanes) is 47. The van der Waals surface area contributed by atoms with Crippen molar-refractivity contribution in [3.05, 3.63) is 48.6 Å². The van der Waals surface area contributed by atoms with Crippen molar-refractivity contribution < 1.29 is 24.5 Å². The highest BCUT2D eigenvalue weighted by atomic mass is 16.5. The molecule has 2 unspecified atom stereocenters. The Kier molecular flexibility index (Phi) is 64.5. The van der Waals surface area contributed by atoms with Crippen LogP contribution in [0.1, 0.15) is 367 Å². The van der Waals surface area contributed by atoms with E-state index in [0.29, 0.717) is 19.4 Å². The van der Waals surface area contributed by atoms with Gasteiger partial charge in [-0.2, -0.15) is 0 Å². The van der Waals surface area contributed by atoms with Gasteiger partial charge in [0.05, 0.1) is 25.4 Å². The van der Waals surface area contributed by atoms with Crippen molar-refractivity contribution in [1.82, 2.24) is 5.32 Å². The maximum Gasteiger partial charge on any atom is 0.305 e. The van der Waals surface area contributed by atoms with Gasteiger partial charge in [-0.05, 0) is 89.9 Å². The number of allylic oxidation sites excluding steroid dienone is 7. The summed E-state index contributed by atoms with van der Waals surface area (Å²) in [5, 5.41) is 23.2. The number of aliphatic hydroxyl groups is 2. The Hall–Kier alpha value is -2.18. The van der Waals surface area contributed by atoms with Gasteiger partial charge in [-0.1, -0.05) is 313 Å². The quantitative estimate of drug-likeness (QED) is 0.0320. The third-order valence-electron chi connectivity index (χ3n) is 15.8. The molecule has 1 amide bonds. The molecule has 0 spiro atoms. The van der Waals surface area contributed by atoms with E-state index in [0.717, 1.165) is 51.4 Å². The first-order valence-corrected chi connectivity index (χ1v) is 34.4. The third-order valence-corrected chi connectivity index (χ3v) is 15.8. The summed E-state index contributed by atoms with van der Waals surface area (Å²) in [7, 11) is 0. The van der Waals surface area contributed by atoms with Gasteiger partial charge in [0.2, 0.25) is 5.91 Å². The van der Waals surface area contributed by atoms with Crippen molar-refractivity contribution >= 4 is 11.9 Å². The van der Waals surface area contributed by atoms with Crippen LogP contribution in [0.25, 0.3) is 0 Å². The van der Waals surface area contributed by atoms with Gasteiger partial charge >= 0.3 is 5.97 Å². The smallest absolute Gasteiger partial charge is 0.305 e. The number of amides is 1. The second kappa shape index (κ2) is 66.3. The van der Waals surface area contributed by atoms with Gasteiger partial charge < -0.3 is 20.3 Å². The molecule has 0 aliphatic heterocycles. The minimum Gasteiger partial charge on any atom is -0.466 e. The Balaban J connectivity index is 3.39. The molecule has 0 saturated carbocycles. The number of rotatable bonds is 64. The summed E-state index contributed by atoms with van der Waals surface area (Å²) in [5.41, 5.74) is 0. The fourth-order valence-electron chi connectivity index (χ4n) is 10.5. The second-order valence-corrected chi connectivity index (χ2v) is 23.5. The monoisotopic (exact) mass is 1080 g/mol. The molecule has 0 saturated heterocycles. The molecule has 0 aliphatic carbocycles. The lowest BCUT2D eigenvalue weighted by atomic mass is 10.0. The maximum atomic E-state index is 12.5. The van der Waals surface area contributed by atoms with Crippen molar-refractivity contribution in [2.24, 2.45) is 0 Å². The van der Waals surface area contributed by atoms with Crippen LogP contribution in [-0.2, 0) is 14.3 Å². The zero-order valence-electron chi connectivity index (χ0n) is 51.7. The van der Waals surface area contributed by atoms with Crippen LogP contribution in [-0.4, -0.2) is 47.4 Å². The summed E-state index contributed by atoms with van der Waals surface area (Å²) in [5.74, 6) is -0.0588. The predicted octanol–water partition coefficient (Wildman–Crippen LogP) is 22.1. The molecule has 0 bridgehead atoms. The third kappa shape index (κ3) is 62.9. The molecule has 3 N–H and O–H groups in total. The van der Waals surface area contributed by atoms with Gasteiger partial charge in [-0.25, -0.2) is 0 Å². The van der Waals surface area contributed by atoms with E-state index in [1.165, 1.54) is 289 Å². The zero-order valence-corrected chi connectivity index (χ0v) is 51.7. The average Bonchev–Trinajstić information content (AvgIpc) is 3.43. The van der Waals surface area contributed by atoms with E-state index in [9.17, 15) is 19.8 Å². The van der Waals surface area contributed by atoms with Crippen LogP contribution in [0.5, 0.6) is 0 Å². The second-order valence-electron chi connectivity index (χ2n) is 23.5. The van der Waals surface area contributed by atoms with Crippen LogP contribution in [0.3, 0.4) is 0 Å². The first-order valence-electron chi connectivity index (χ1n) is 34.4. The number of hydrogen-bond donors (Lipinski definition) is 3. The molecule has 0 heterocycles. The maximum absolute atomic E-state index is 12.5. The topological polar surface area (TPSA) is 95.9 Å². The van der Waals surface area contributed by atoms with Crippen molar-refractivity contribution in [3.63, 3.8) is 0 Å². The molecule has 0 fully saturated rings. The molecule has 0 rings (SSSR count). The van der Waals surface area contributed by atoms with Gasteiger partial charge in [0.1, 0.15) is 0 Å². The van der Waals surface area contributed by atoms with E-state index >= 15 is 0 Å². The molecular formula is C71H133NO5. The number of carbonyl (C=O) groups is 2. The largest absolute Gasteiger partial charge is 0.466 e.